The van der Waals surface area contributed by atoms with E-state index in [0.717, 1.165) is 17.5 Å². The van der Waals surface area contributed by atoms with Crippen molar-refractivity contribution in [1.82, 2.24) is 10.0 Å². The Morgan fingerprint density at radius 3 is 2.37 bits per heavy atom. The number of sulfonamides is 1. The quantitative estimate of drug-likeness (QED) is 0.577. The summed E-state index contributed by atoms with van der Waals surface area (Å²) in [5.74, 6) is -0.0210. The summed E-state index contributed by atoms with van der Waals surface area (Å²) in [7, 11) is -1.94. The van der Waals surface area contributed by atoms with Crippen molar-refractivity contribution in [3.8, 4) is 0 Å². The van der Waals surface area contributed by atoms with Crippen molar-refractivity contribution >= 4 is 15.9 Å². The van der Waals surface area contributed by atoms with Crippen molar-refractivity contribution in [1.29, 1.82) is 0 Å². The van der Waals surface area contributed by atoms with Crippen LogP contribution in [0.4, 0.5) is 0 Å². The minimum atomic E-state index is -3.57. The molecule has 0 fully saturated rings. The molecule has 2 N–H and O–H groups in total. The van der Waals surface area contributed by atoms with Gasteiger partial charge in [0, 0.05) is 33.2 Å². The van der Waals surface area contributed by atoms with Crippen molar-refractivity contribution < 1.29 is 17.9 Å². The fourth-order valence-electron chi connectivity index (χ4n) is 2.48. The molecule has 0 spiro atoms. The van der Waals surface area contributed by atoms with Gasteiger partial charge in [-0.2, -0.15) is 0 Å². The summed E-state index contributed by atoms with van der Waals surface area (Å²) in [6, 6.07) is 16.0. The number of methoxy groups -OCH3 is 1. The molecular formula is C20H26N2O4S. The van der Waals surface area contributed by atoms with Gasteiger partial charge in [0.15, 0.2) is 0 Å². The van der Waals surface area contributed by atoms with Crippen molar-refractivity contribution in [3.63, 3.8) is 0 Å². The lowest BCUT2D eigenvalue weighted by Gasteiger charge is -2.08. The lowest BCUT2D eigenvalue weighted by molar-refractivity contribution is -0.121. The molecule has 0 aliphatic carbocycles. The SMILES string of the molecule is COCCCNC(=O)CCc1ccc(S(=O)(=O)NCc2ccccc2)cc1. The number of aryl methyl sites for hydroxylation is 1. The smallest absolute Gasteiger partial charge is 0.240 e. The predicted molar refractivity (Wildman–Crippen MR) is 105 cm³/mol. The van der Waals surface area contributed by atoms with Crippen LogP contribution < -0.4 is 10.0 Å². The van der Waals surface area contributed by atoms with Crippen LogP contribution >= 0.6 is 0 Å². The van der Waals surface area contributed by atoms with Crippen LogP contribution in [-0.4, -0.2) is 34.6 Å². The van der Waals surface area contributed by atoms with Crippen LogP contribution in [0.2, 0.25) is 0 Å². The maximum Gasteiger partial charge on any atom is 0.240 e. The maximum atomic E-state index is 12.4. The van der Waals surface area contributed by atoms with Gasteiger partial charge in [-0.05, 0) is 36.1 Å². The Bertz CT molecular complexity index is 806. The number of ether oxygens (including phenoxy) is 1. The van der Waals surface area contributed by atoms with E-state index in [0.29, 0.717) is 26.0 Å². The van der Waals surface area contributed by atoms with Gasteiger partial charge in [-0.25, -0.2) is 13.1 Å². The molecule has 0 radical (unpaired) electrons. The monoisotopic (exact) mass is 390 g/mol. The minimum Gasteiger partial charge on any atom is -0.385 e. The highest BCUT2D eigenvalue weighted by Crippen LogP contribution is 2.12. The number of hydrogen-bond donors (Lipinski definition) is 2. The van der Waals surface area contributed by atoms with Crippen molar-refractivity contribution in [2.45, 2.75) is 30.7 Å². The third kappa shape index (κ3) is 7.50. The van der Waals surface area contributed by atoms with Crippen LogP contribution in [-0.2, 0) is 32.5 Å². The first kappa shape index (κ1) is 21.1. The molecule has 7 heteroatoms. The molecule has 6 nitrogen and oxygen atoms in total. The summed E-state index contributed by atoms with van der Waals surface area (Å²) in [6.07, 6.45) is 1.71. The van der Waals surface area contributed by atoms with Gasteiger partial charge in [0.05, 0.1) is 4.90 Å². The van der Waals surface area contributed by atoms with Gasteiger partial charge in [-0.1, -0.05) is 42.5 Å². The molecule has 0 saturated carbocycles. The number of nitrogens with one attached hydrogen (secondary N) is 2. The summed E-state index contributed by atoms with van der Waals surface area (Å²) in [5, 5.41) is 2.83. The molecule has 2 rings (SSSR count). The van der Waals surface area contributed by atoms with Crippen LogP contribution in [0, 0.1) is 0 Å². The first-order valence-corrected chi connectivity index (χ1v) is 10.4. The topological polar surface area (TPSA) is 84.5 Å². The predicted octanol–water partition coefficient (Wildman–Crippen LogP) is 2.25. The summed E-state index contributed by atoms with van der Waals surface area (Å²) < 4.78 is 32.3. The highest BCUT2D eigenvalue weighted by Gasteiger charge is 2.13. The van der Waals surface area contributed by atoms with E-state index >= 15 is 0 Å². The zero-order chi connectivity index (χ0) is 19.5. The van der Waals surface area contributed by atoms with Crippen LogP contribution in [0.5, 0.6) is 0 Å². The van der Waals surface area contributed by atoms with E-state index in [9.17, 15) is 13.2 Å². The molecule has 0 saturated heterocycles. The van der Waals surface area contributed by atoms with Crippen LogP contribution in [0.3, 0.4) is 0 Å². The number of benzene rings is 2. The second-order valence-electron chi connectivity index (χ2n) is 6.15. The van der Waals surface area contributed by atoms with Gasteiger partial charge in [0.25, 0.3) is 0 Å². The summed E-state index contributed by atoms with van der Waals surface area (Å²) >= 11 is 0. The largest absolute Gasteiger partial charge is 0.385 e. The first-order valence-electron chi connectivity index (χ1n) is 8.89. The van der Waals surface area contributed by atoms with E-state index in [1.807, 2.05) is 30.3 Å². The molecule has 0 aliphatic rings. The third-order valence-corrected chi connectivity index (χ3v) is 5.45. The molecule has 0 aromatic heterocycles. The summed E-state index contributed by atoms with van der Waals surface area (Å²) in [4.78, 5) is 12.0. The average Bonchev–Trinajstić information content (AvgIpc) is 2.69. The molecule has 146 valence electrons. The van der Waals surface area contributed by atoms with Crippen molar-refractivity contribution in [2.24, 2.45) is 0 Å². The van der Waals surface area contributed by atoms with Gasteiger partial charge in [0.2, 0.25) is 15.9 Å². The second-order valence-corrected chi connectivity index (χ2v) is 7.92. The standard InChI is InChI=1S/C20H26N2O4S/c1-26-15-5-14-21-20(23)13-10-17-8-11-19(12-9-17)27(24,25)22-16-18-6-3-2-4-7-18/h2-4,6-9,11-12,22H,5,10,13-16H2,1H3,(H,21,23). The average molecular weight is 391 g/mol. The van der Waals surface area contributed by atoms with E-state index in [1.54, 1.807) is 31.4 Å². The van der Waals surface area contributed by atoms with Crippen molar-refractivity contribution in [3.05, 3.63) is 65.7 Å². The molecule has 0 heterocycles. The summed E-state index contributed by atoms with van der Waals surface area (Å²) in [6.45, 7) is 1.46. The van der Waals surface area contributed by atoms with E-state index < -0.39 is 10.0 Å². The minimum absolute atomic E-state index is 0.0210. The van der Waals surface area contributed by atoms with Gasteiger partial charge >= 0.3 is 0 Å². The molecule has 0 bridgehead atoms. The summed E-state index contributed by atoms with van der Waals surface area (Å²) in [5.41, 5.74) is 1.82. The van der Waals surface area contributed by atoms with E-state index in [4.69, 9.17) is 4.74 Å². The Morgan fingerprint density at radius 1 is 1.00 bits per heavy atom. The second kappa shape index (κ2) is 10.8. The molecule has 0 aliphatic heterocycles. The maximum absolute atomic E-state index is 12.4. The highest BCUT2D eigenvalue weighted by molar-refractivity contribution is 7.89. The van der Waals surface area contributed by atoms with E-state index in [2.05, 4.69) is 10.0 Å². The highest BCUT2D eigenvalue weighted by atomic mass is 32.2. The van der Waals surface area contributed by atoms with Gasteiger partial charge < -0.3 is 10.1 Å². The fourth-order valence-corrected chi connectivity index (χ4v) is 3.50. The Labute approximate surface area is 161 Å². The molecule has 0 atom stereocenters. The molecule has 27 heavy (non-hydrogen) atoms. The Kier molecular flexibility index (Phi) is 8.44. The zero-order valence-corrected chi connectivity index (χ0v) is 16.3. The first-order chi connectivity index (χ1) is 13.0. The molecule has 2 aromatic rings. The Morgan fingerprint density at radius 2 is 1.70 bits per heavy atom. The number of hydrogen-bond acceptors (Lipinski definition) is 4. The molecular weight excluding hydrogens is 364 g/mol. The molecule has 2 aromatic carbocycles. The Hall–Kier alpha value is -2.22. The zero-order valence-electron chi connectivity index (χ0n) is 15.5. The normalized spacial score (nSPS) is 11.3. The number of carbonyl (C=O) groups is 1. The third-order valence-electron chi connectivity index (χ3n) is 4.03. The number of amides is 1. The number of rotatable bonds is 11. The van der Waals surface area contributed by atoms with Gasteiger partial charge in [-0.15, -0.1) is 0 Å². The molecule has 0 unspecified atom stereocenters. The van der Waals surface area contributed by atoms with Crippen LogP contribution in [0.1, 0.15) is 24.0 Å². The fraction of sp³-hybridized carbons (Fsp3) is 0.350. The lowest BCUT2D eigenvalue weighted by atomic mass is 10.1. The number of carbonyl (C=O) groups excluding carboxylic acids is 1. The van der Waals surface area contributed by atoms with Gasteiger partial charge in [-0.3, -0.25) is 4.79 Å². The van der Waals surface area contributed by atoms with Gasteiger partial charge in [0.1, 0.15) is 0 Å². The van der Waals surface area contributed by atoms with Crippen molar-refractivity contribution in [2.75, 3.05) is 20.3 Å². The van der Waals surface area contributed by atoms with E-state index in [1.165, 1.54) is 0 Å². The molecule has 1 amide bonds. The lowest BCUT2D eigenvalue weighted by Crippen LogP contribution is -2.25. The van der Waals surface area contributed by atoms with Crippen LogP contribution in [0.15, 0.2) is 59.5 Å². The Balaban J connectivity index is 1.82. The van der Waals surface area contributed by atoms with E-state index in [-0.39, 0.29) is 17.3 Å². The van der Waals surface area contributed by atoms with Crippen LogP contribution in [0.25, 0.3) is 0 Å².